The summed E-state index contributed by atoms with van der Waals surface area (Å²) in [5.74, 6) is 0. The van der Waals surface area contributed by atoms with Crippen LogP contribution in [0.2, 0.25) is 0 Å². The normalized spacial score (nSPS) is 10.5. The summed E-state index contributed by atoms with van der Waals surface area (Å²) >= 11 is 7.18. The van der Waals surface area contributed by atoms with Gasteiger partial charge in [0.2, 0.25) is 0 Å². The van der Waals surface area contributed by atoms with Crippen LogP contribution in [0.25, 0.3) is 22.8 Å². The fourth-order valence-electron chi connectivity index (χ4n) is 3.27. The van der Waals surface area contributed by atoms with E-state index in [1.54, 1.807) is 0 Å². The van der Waals surface area contributed by atoms with Gasteiger partial charge in [0, 0.05) is 8.95 Å². The van der Waals surface area contributed by atoms with E-state index in [1.165, 1.54) is 33.4 Å². The molecule has 0 radical (unpaired) electrons. The topological polar surface area (TPSA) is 0 Å². The molecule has 4 rings (SSSR count). The smallest absolute Gasteiger partial charge is 0.0181 e. The van der Waals surface area contributed by atoms with Gasteiger partial charge in [-0.25, -0.2) is 0 Å². The monoisotopic (exact) mass is 488 g/mol. The van der Waals surface area contributed by atoms with Crippen LogP contribution in [0.3, 0.4) is 0 Å². The van der Waals surface area contributed by atoms with Gasteiger partial charge >= 0.3 is 0 Å². The maximum atomic E-state index is 3.65. The fourth-order valence-corrected chi connectivity index (χ4v) is 3.91. The van der Waals surface area contributed by atoms with Crippen molar-refractivity contribution in [2.24, 2.45) is 0 Å². The molecule has 4 aromatic carbocycles. The first-order chi connectivity index (χ1) is 13.7. The van der Waals surface area contributed by atoms with E-state index in [9.17, 15) is 0 Å². The third-order valence-corrected chi connectivity index (χ3v) is 5.66. The molecule has 0 aliphatic carbocycles. The predicted molar refractivity (Wildman–Crippen MR) is 127 cm³/mol. The van der Waals surface area contributed by atoms with Gasteiger partial charge in [-0.15, -0.1) is 0 Å². The van der Waals surface area contributed by atoms with Crippen LogP contribution in [0.4, 0.5) is 0 Å². The summed E-state index contributed by atoms with van der Waals surface area (Å²) in [5.41, 5.74) is 7.20. The summed E-state index contributed by atoms with van der Waals surface area (Å²) in [6.45, 7) is 0. The van der Waals surface area contributed by atoms with E-state index in [2.05, 4.69) is 141 Å². The zero-order valence-corrected chi connectivity index (χ0v) is 18.3. The van der Waals surface area contributed by atoms with Crippen molar-refractivity contribution >= 4 is 43.5 Å². The van der Waals surface area contributed by atoms with Crippen molar-refractivity contribution in [3.63, 3.8) is 0 Å². The summed E-state index contributed by atoms with van der Waals surface area (Å²) in [6, 6.07) is 36.0. The van der Waals surface area contributed by atoms with Gasteiger partial charge in [-0.05, 0) is 63.7 Å². The molecule has 0 bridgehead atoms. The maximum absolute atomic E-state index is 3.65. The molecule has 136 valence electrons. The van der Waals surface area contributed by atoms with Crippen molar-refractivity contribution in [1.29, 1.82) is 0 Å². The number of halogens is 2. The number of benzene rings is 4. The zero-order valence-electron chi connectivity index (χ0n) is 15.1. The summed E-state index contributed by atoms with van der Waals surface area (Å²) in [4.78, 5) is 0. The van der Waals surface area contributed by atoms with Crippen LogP contribution >= 0.6 is 31.9 Å². The molecular formula is C26H18Br2. The van der Waals surface area contributed by atoms with E-state index >= 15 is 0 Å². The lowest BCUT2D eigenvalue weighted by atomic mass is 9.92. The van der Waals surface area contributed by atoms with Crippen molar-refractivity contribution in [2.75, 3.05) is 0 Å². The molecule has 0 heterocycles. The molecule has 4 aromatic rings. The molecule has 0 saturated heterocycles. The summed E-state index contributed by atoms with van der Waals surface area (Å²) in [6.07, 6.45) is 2.28. The Kier molecular flexibility index (Phi) is 5.90. The first kappa shape index (κ1) is 18.9. The van der Waals surface area contributed by atoms with Gasteiger partial charge in [0.05, 0.1) is 0 Å². The third-order valence-electron chi connectivity index (χ3n) is 4.64. The molecule has 2 heteroatoms. The lowest BCUT2D eigenvalue weighted by Gasteiger charge is -2.12. The Morgan fingerprint density at radius 2 is 1.11 bits per heavy atom. The first-order valence-electron chi connectivity index (χ1n) is 9.09. The van der Waals surface area contributed by atoms with E-state index in [4.69, 9.17) is 0 Å². The molecule has 0 N–H and O–H groups in total. The Bertz CT molecular complexity index is 1050. The van der Waals surface area contributed by atoms with Gasteiger partial charge in [-0.1, -0.05) is 111 Å². The van der Waals surface area contributed by atoms with E-state index in [0.717, 1.165) is 8.95 Å². The molecule has 0 atom stereocenters. The quantitative estimate of drug-likeness (QED) is 0.252. The van der Waals surface area contributed by atoms with Gasteiger partial charge in [-0.3, -0.25) is 0 Å². The summed E-state index contributed by atoms with van der Waals surface area (Å²) < 4.78 is 2.15. The van der Waals surface area contributed by atoms with Crippen molar-refractivity contribution in [3.8, 4) is 11.1 Å². The average molecular weight is 490 g/mol. The molecular weight excluding hydrogens is 472 g/mol. The molecule has 0 saturated carbocycles. The summed E-state index contributed by atoms with van der Waals surface area (Å²) in [5, 5.41) is 0. The number of hydrogen-bond acceptors (Lipinski definition) is 0. The molecule has 0 aliphatic heterocycles. The molecule has 0 aromatic heterocycles. The van der Waals surface area contributed by atoms with E-state index in [0.29, 0.717) is 0 Å². The predicted octanol–water partition coefficient (Wildman–Crippen LogP) is 8.47. The average Bonchev–Trinajstić information content (AvgIpc) is 2.74. The van der Waals surface area contributed by atoms with Crippen LogP contribution in [0.1, 0.15) is 16.7 Å². The molecule has 0 nitrogen and oxygen atoms in total. The molecule has 0 aliphatic rings. The van der Waals surface area contributed by atoms with Crippen LogP contribution < -0.4 is 0 Å². The van der Waals surface area contributed by atoms with Crippen molar-refractivity contribution in [2.45, 2.75) is 0 Å². The second-order valence-electron chi connectivity index (χ2n) is 6.53. The van der Waals surface area contributed by atoms with Crippen molar-refractivity contribution in [1.82, 2.24) is 0 Å². The van der Waals surface area contributed by atoms with Gasteiger partial charge in [0.25, 0.3) is 0 Å². The summed E-state index contributed by atoms with van der Waals surface area (Å²) in [7, 11) is 0. The van der Waals surface area contributed by atoms with Crippen molar-refractivity contribution < 1.29 is 0 Å². The van der Waals surface area contributed by atoms with Gasteiger partial charge < -0.3 is 0 Å². The van der Waals surface area contributed by atoms with E-state index in [1.807, 2.05) is 0 Å². The Morgan fingerprint density at radius 3 is 1.68 bits per heavy atom. The second kappa shape index (κ2) is 8.72. The SMILES string of the molecule is Brc1ccc(-c2ccc(Br)cc2C=C(c2ccccc2)c2ccccc2)cc1. The van der Waals surface area contributed by atoms with E-state index < -0.39 is 0 Å². The standard InChI is InChI=1S/C26H18Br2/c27-23-13-11-21(12-14-23)25-16-15-24(28)17-22(25)18-26(19-7-3-1-4-8-19)20-9-5-2-6-10-20/h1-18H. The molecule has 0 fully saturated rings. The third kappa shape index (κ3) is 4.35. The van der Waals surface area contributed by atoms with Gasteiger partial charge in [0.1, 0.15) is 0 Å². The van der Waals surface area contributed by atoms with Gasteiger partial charge in [0.15, 0.2) is 0 Å². The Labute approximate surface area is 182 Å². The minimum absolute atomic E-state index is 1.07. The maximum Gasteiger partial charge on any atom is 0.0181 e. The lowest BCUT2D eigenvalue weighted by Crippen LogP contribution is -1.90. The second-order valence-corrected chi connectivity index (χ2v) is 8.36. The highest BCUT2D eigenvalue weighted by atomic mass is 79.9. The van der Waals surface area contributed by atoms with Crippen LogP contribution in [0, 0.1) is 0 Å². The van der Waals surface area contributed by atoms with Crippen LogP contribution in [0.15, 0.2) is 112 Å². The number of rotatable bonds is 4. The van der Waals surface area contributed by atoms with Crippen LogP contribution in [0.5, 0.6) is 0 Å². The van der Waals surface area contributed by atoms with Gasteiger partial charge in [-0.2, -0.15) is 0 Å². The fraction of sp³-hybridized carbons (Fsp3) is 0. The highest BCUT2D eigenvalue weighted by molar-refractivity contribution is 9.10. The van der Waals surface area contributed by atoms with Crippen LogP contribution in [-0.4, -0.2) is 0 Å². The van der Waals surface area contributed by atoms with Crippen LogP contribution in [-0.2, 0) is 0 Å². The number of hydrogen-bond donors (Lipinski definition) is 0. The largest absolute Gasteiger partial charge is 0.0622 e. The van der Waals surface area contributed by atoms with Crippen molar-refractivity contribution in [3.05, 3.63) is 129 Å². The highest BCUT2D eigenvalue weighted by Gasteiger charge is 2.09. The molecule has 0 amide bonds. The van der Waals surface area contributed by atoms with E-state index in [-0.39, 0.29) is 0 Å². The Hall–Kier alpha value is -2.42. The Morgan fingerprint density at radius 1 is 0.571 bits per heavy atom. The lowest BCUT2D eigenvalue weighted by molar-refractivity contribution is 1.53. The highest BCUT2D eigenvalue weighted by Crippen LogP contribution is 2.33. The zero-order chi connectivity index (χ0) is 19.3. The molecule has 28 heavy (non-hydrogen) atoms. The molecule has 0 spiro atoms. The minimum atomic E-state index is 1.07. The first-order valence-corrected chi connectivity index (χ1v) is 10.7. The molecule has 0 unspecified atom stereocenters. The Balaban J connectivity index is 1.91. The minimum Gasteiger partial charge on any atom is -0.0622 e.